The minimum absolute atomic E-state index is 0.122. The molecule has 2 unspecified atom stereocenters. The van der Waals surface area contributed by atoms with E-state index in [1.165, 1.54) is 11.7 Å². The number of ketones is 1. The second-order valence-electron chi connectivity index (χ2n) is 12.2. The van der Waals surface area contributed by atoms with Crippen LogP contribution in [0.2, 0.25) is 0 Å². The predicted octanol–water partition coefficient (Wildman–Crippen LogP) is 5.25. The number of aromatic amines is 1. The Morgan fingerprint density at radius 1 is 1.02 bits per heavy atom. The van der Waals surface area contributed by atoms with Crippen LogP contribution < -0.4 is 20.9 Å². The van der Waals surface area contributed by atoms with Gasteiger partial charge >= 0.3 is 6.09 Å². The molecule has 1 fully saturated rings. The van der Waals surface area contributed by atoms with Gasteiger partial charge in [-0.2, -0.15) is 0 Å². The number of pyridine rings is 1. The van der Waals surface area contributed by atoms with Gasteiger partial charge in [0, 0.05) is 29.0 Å². The van der Waals surface area contributed by atoms with Gasteiger partial charge < -0.3 is 25.1 Å². The number of alkyl carbamates (subject to hydrolysis) is 1. The lowest BCUT2D eigenvalue weighted by molar-refractivity contribution is 0.0594. The Morgan fingerprint density at radius 2 is 1.77 bits per heavy atom. The normalized spacial score (nSPS) is 17.0. The molecule has 43 heavy (non-hydrogen) atoms. The molecule has 2 aromatic heterocycles. The van der Waals surface area contributed by atoms with E-state index in [1.807, 2.05) is 45.9 Å². The first-order valence-electron chi connectivity index (χ1n) is 14.6. The summed E-state index contributed by atoms with van der Waals surface area (Å²) >= 11 is 0. The number of amides is 2. The maximum absolute atomic E-state index is 14.0. The van der Waals surface area contributed by atoms with E-state index in [9.17, 15) is 19.2 Å². The second kappa shape index (κ2) is 11.9. The molecule has 2 heterocycles. The number of aromatic nitrogens is 2. The topological polar surface area (TPSA) is 132 Å². The quantitative estimate of drug-likeness (QED) is 0.254. The van der Waals surface area contributed by atoms with Crippen LogP contribution in [0.3, 0.4) is 0 Å². The molecule has 4 aromatic rings. The molecule has 1 aliphatic rings. The van der Waals surface area contributed by atoms with Crippen molar-refractivity contribution in [2.45, 2.75) is 77.6 Å². The van der Waals surface area contributed by atoms with Crippen LogP contribution in [0.15, 0.2) is 53.3 Å². The van der Waals surface area contributed by atoms with E-state index in [1.54, 1.807) is 30.3 Å². The summed E-state index contributed by atoms with van der Waals surface area (Å²) < 4.78 is 12.7. The van der Waals surface area contributed by atoms with Crippen LogP contribution in [-0.2, 0) is 11.3 Å². The number of Topliss-reactive ketones (excluding diaryl/α,β-unsaturated/α-hetero) is 1. The number of nitrogens with zero attached hydrogens (tertiary/aromatic N) is 1. The van der Waals surface area contributed by atoms with Crippen molar-refractivity contribution in [3.05, 3.63) is 75.7 Å². The van der Waals surface area contributed by atoms with Crippen molar-refractivity contribution in [1.82, 2.24) is 20.2 Å². The van der Waals surface area contributed by atoms with Crippen molar-refractivity contribution < 1.29 is 23.9 Å². The maximum atomic E-state index is 14.0. The van der Waals surface area contributed by atoms with Gasteiger partial charge in [-0.15, -0.1) is 0 Å². The molecule has 2 atom stereocenters. The third-order valence-electron chi connectivity index (χ3n) is 7.75. The fraction of sp³-hybridized carbons (Fsp3) is 0.394. The summed E-state index contributed by atoms with van der Waals surface area (Å²) in [6.45, 7) is 7.40. The molecule has 0 bridgehead atoms. The number of H-pyrrole nitrogens is 1. The number of benzene rings is 2. The number of fused-ring (bicyclic) bond motifs is 3. The monoisotopic (exact) mass is 586 g/mol. The molecule has 5 rings (SSSR count). The number of methoxy groups -OCH3 is 1. The average Bonchev–Trinajstić information content (AvgIpc) is 3.34. The van der Waals surface area contributed by atoms with Gasteiger partial charge in [-0.05, 0) is 58.6 Å². The Balaban J connectivity index is 1.48. The van der Waals surface area contributed by atoms with Crippen molar-refractivity contribution >= 4 is 39.6 Å². The van der Waals surface area contributed by atoms with Gasteiger partial charge in [0.1, 0.15) is 17.2 Å². The molecule has 10 nitrogen and oxygen atoms in total. The highest BCUT2D eigenvalue weighted by Gasteiger charge is 2.30. The molecule has 1 saturated carbocycles. The number of ether oxygens (including phenoxy) is 2. The standard InChI is InChI=1S/C33H38N4O6/c1-19-11-9-16-23-25(19)27-26(31(40)37(23)18-24(38)20-12-7-6-8-13-20)29(42-5)28(35-27)30(39)34-21-14-10-15-22(17-21)43-32(41)36-33(2,3)4/h6-9,11-13,16,21-22,35H,10,14-15,17-18H2,1-5H3,(H,34,39)(H,36,41). The minimum atomic E-state index is -0.481. The zero-order valence-corrected chi connectivity index (χ0v) is 25.2. The largest absolute Gasteiger partial charge is 0.493 e. The predicted molar refractivity (Wildman–Crippen MR) is 165 cm³/mol. The number of carbonyl (C=O) groups is 3. The molecule has 0 spiro atoms. The Bertz CT molecular complexity index is 1750. The molecule has 3 N–H and O–H groups in total. The summed E-state index contributed by atoms with van der Waals surface area (Å²) in [4.78, 5) is 56.3. The van der Waals surface area contributed by atoms with E-state index < -0.39 is 23.1 Å². The number of nitrogens with one attached hydrogen (secondary N) is 3. The van der Waals surface area contributed by atoms with Crippen LogP contribution in [0.5, 0.6) is 5.75 Å². The fourth-order valence-corrected chi connectivity index (χ4v) is 5.83. The van der Waals surface area contributed by atoms with Crippen molar-refractivity contribution in [1.29, 1.82) is 0 Å². The number of hydrogen-bond donors (Lipinski definition) is 3. The number of carbonyl (C=O) groups excluding carboxylic acids is 3. The van der Waals surface area contributed by atoms with E-state index in [0.29, 0.717) is 29.4 Å². The summed E-state index contributed by atoms with van der Waals surface area (Å²) in [6, 6.07) is 14.1. The lowest BCUT2D eigenvalue weighted by atomic mass is 9.92. The highest BCUT2D eigenvalue weighted by atomic mass is 16.6. The first-order chi connectivity index (χ1) is 20.5. The van der Waals surface area contributed by atoms with E-state index in [2.05, 4.69) is 15.6 Å². The molecule has 2 aromatic carbocycles. The van der Waals surface area contributed by atoms with E-state index in [4.69, 9.17) is 9.47 Å². The lowest BCUT2D eigenvalue weighted by Gasteiger charge is -2.30. The summed E-state index contributed by atoms with van der Waals surface area (Å²) in [6.07, 6.45) is 1.89. The zero-order chi connectivity index (χ0) is 30.9. The summed E-state index contributed by atoms with van der Waals surface area (Å²) in [5.41, 5.74) is 1.72. The Morgan fingerprint density at radius 3 is 2.47 bits per heavy atom. The molecular formula is C33H38N4O6. The Hall–Kier alpha value is -4.60. The lowest BCUT2D eigenvalue weighted by Crippen LogP contribution is -2.45. The third-order valence-corrected chi connectivity index (χ3v) is 7.75. The molecule has 10 heteroatoms. The zero-order valence-electron chi connectivity index (χ0n) is 25.2. The SMILES string of the molecule is COc1c(C(=O)NC2CCCC(OC(=O)NC(C)(C)C)C2)[nH]c2c1c(=O)n(CC(=O)c1ccccc1)c1cccc(C)c21. The van der Waals surface area contributed by atoms with Crippen LogP contribution in [0, 0.1) is 6.92 Å². The van der Waals surface area contributed by atoms with Crippen LogP contribution in [-0.4, -0.2) is 52.1 Å². The number of aryl methyl sites for hydroxylation is 1. The average molecular weight is 587 g/mol. The molecule has 2 amide bonds. The first kappa shape index (κ1) is 29.9. The summed E-state index contributed by atoms with van der Waals surface area (Å²) in [5.74, 6) is -0.509. The fourth-order valence-electron chi connectivity index (χ4n) is 5.83. The first-order valence-corrected chi connectivity index (χ1v) is 14.6. The van der Waals surface area contributed by atoms with E-state index >= 15 is 0 Å². The number of rotatable bonds is 7. The van der Waals surface area contributed by atoms with E-state index in [0.717, 1.165) is 23.8 Å². The van der Waals surface area contributed by atoms with Gasteiger partial charge in [0.05, 0.1) is 24.7 Å². The van der Waals surface area contributed by atoms with Crippen molar-refractivity contribution in [2.75, 3.05) is 7.11 Å². The van der Waals surface area contributed by atoms with Crippen LogP contribution >= 0.6 is 0 Å². The highest BCUT2D eigenvalue weighted by Crippen LogP contribution is 2.34. The molecule has 226 valence electrons. The number of hydrogen-bond acceptors (Lipinski definition) is 6. The van der Waals surface area contributed by atoms with Crippen molar-refractivity contribution in [3.8, 4) is 5.75 Å². The molecular weight excluding hydrogens is 548 g/mol. The van der Waals surface area contributed by atoms with E-state index in [-0.39, 0.29) is 41.3 Å². The molecule has 1 aliphatic carbocycles. The minimum Gasteiger partial charge on any atom is -0.493 e. The van der Waals surface area contributed by atoms with Gasteiger partial charge in [-0.1, -0.05) is 42.5 Å². The second-order valence-corrected chi connectivity index (χ2v) is 12.2. The Labute approximate surface area is 249 Å². The van der Waals surface area contributed by atoms with Crippen LogP contribution in [0.4, 0.5) is 4.79 Å². The van der Waals surface area contributed by atoms with Crippen LogP contribution in [0.1, 0.15) is 72.9 Å². The molecule has 0 radical (unpaired) electrons. The summed E-state index contributed by atoms with van der Waals surface area (Å²) in [5, 5.41) is 6.79. The van der Waals surface area contributed by atoms with Crippen molar-refractivity contribution in [2.24, 2.45) is 0 Å². The van der Waals surface area contributed by atoms with Gasteiger partial charge in [0.2, 0.25) is 0 Å². The maximum Gasteiger partial charge on any atom is 0.407 e. The highest BCUT2D eigenvalue weighted by molar-refractivity contribution is 6.12. The molecule has 0 aliphatic heterocycles. The molecule has 0 saturated heterocycles. The Kier molecular flexibility index (Phi) is 8.30. The van der Waals surface area contributed by atoms with Crippen LogP contribution in [0.25, 0.3) is 21.8 Å². The smallest absolute Gasteiger partial charge is 0.407 e. The summed E-state index contributed by atoms with van der Waals surface area (Å²) in [7, 11) is 1.42. The van der Waals surface area contributed by atoms with Gasteiger partial charge in [-0.3, -0.25) is 19.0 Å². The van der Waals surface area contributed by atoms with Gasteiger partial charge in [0.25, 0.3) is 11.5 Å². The van der Waals surface area contributed by atoms with Gasteiger partial charge in [-0.25, -0.2) is 4.79 Å². The third kappa shape index (κ3) is 6.28. The van der Waals surface area contributed by atoms with Gasteiger partial charge in [0.15, 0.2) is 11.5 Å². The van der Waals surface area contributed by atoms with Crippen molar-refractivity contribution in [3.63, 3.8) is 0 Å².